The molecule has 0 aromatic carbocycles. The molecule has 4 fully saturated rings. The molecule has 4 aliphatic rings. The van der Waals surface area contributed by atoms with E-state index in [4.69, 9.17) is 4.74 Å². The van der Waals surface area contributed by atoms with Crippen molar-refractivity contribution >= 4 is 11.8 Å². The lowest BCUT2D eigenvalue weighted by atomic mass is 9.65. The first-order valence-corrected chi connectivity index (χ1v) is 12.3. The summed E-state index contributed by atoms with van der Waals surface area (Å²) in [6.45, 7) is 4.95. The van der Waals surface area contributed by atoms with Gasteiger partial charge >= 0.3 is 0 Å². The van der Waals surface area contributed by atoms with Crippen molar-refractivity contribution in [1.29, 1.82) is 0 Å². The second-order valence-electron chi connectivity index (χ2n) is 10.5. The van der Waals surface area contributed by atoms with Crippen LogP contribution in [0.1, 0.15) is 77.6 Å². The number of carbonyl (C=O) groups is 2. The fourth-order valence-corrected chi connectivity index (χ4v) is 6.66. The second-order valence-corrected chi connectivity index (χ2v) is 10.5. The van der Waals surface area contributed by atoms with Crippen molar-refractivity contribution in [3.05, 3.63) is 0 Å². The zero-order valence-electron chi connectivity index (χ0n) is 18.7. The van der Waals surface area contributed by atoms with Gasteiger partial charge in [-0.05, 0) is 31.6 Å². The quantitative estimate of drug-likeness (QED) is 0.742. The molecule has 2 amide bonds. The Hall–Kier alpha value is -1.14. The molecule has 0 aromatic rings. The molecule has 2 aliphatic heterocycles. The van der Waals surface area contributed by atoms with Crippen molar-refractivity contribution < 1.29 is 19.4 Å². The minimum absolute atomic E-state index is 0.0255. The number of rotatable bonds is 5. The van der Waals surface area contributed by atoms with E-state index in [2.05, 4.69) is 11.8 Å². The number of nitrogens with zero attached hydrogens (tertiary/aromatic N) is 2. The Labute approximate surface area is 181 Å². The number of β-amino-alcohol motifs (C(OH)–C–C–N with tert-alkyl or cyclic N) is 1. The van der Waals surface area contributed by atoms with E-state index in [0.717, 1.165) is 32.1 Å². The lowest BCUT2D eigenvalue weighted by Crippen LogP contribution is -2.65. The smallest absolute Gasteiger partial charge is 0.248 e. The van der Waals surface area contributed by atoms with Crippen molar-refractivity contribution in [2.45, 2.75) is 83.2 Å². The zero-order chi connectivity index (χ0) is 21.2. The standard InChI is InChI=1S/C24H40N2O4/c1-19(15-20-7-3-2-4-8-20)22(28)26-12-11-24(29,23(17-26)9-5-6-10-23)18-25-13-14-30-16-21(25)27/h19-20,29H,2-18H2,1H3/t19-,24?/m1/s1. The van der Waals surface area contributed by atoms with E-state index in [1.807, 2.05) is 0 Å². The Morgan fingerprint density at radius 3 is 2.57 bits per heavy atom. The third-order valence-corrected chi connectivity index (χ3v) is 8.52. The summed E-state index contributed by atoms with van der Waals surface area (Å²) in [5.41, 5.74) is -1.18. The summed E-state index contributed by atoms with van der Waals surface area (Å²) in [5.74, 6) is 1.02. The predicted octanol–water partition coefficient (Wildman–Crippen LogP) is 2.98. The van der Waals surface area contributed by atoms with Gasteiger partial charge in [0.05, 0.1) is 18.8 Å². The first-order chi connectivity index (χ1) is 14.4. The van der Waals surface area contributed by atoms with Crippen molar-refractivity contribution in [3.63, 3.8) is 0 Å². The van der Waals surface area contributed by atoms with Crippen molar-refractivity contribution in [2.24, 2.45) is 17.3 Å². The van der Waals surface area contributed by atoms with Crippen LogP contribution in [-0.2, 0) is 14.3 Å². The number of hydrogen-bond acceptors (Lipinski definition) is 4. The molecule has 1 unspecified atom stereocenters. The molecule has 2 saturated heterocycles. The molecule has 0 radical (unpaired) electrons. The van der Waals surface area contributed by atoms with Crippen LogP contribution >= 0.6 is 0 Å². The monoisotopic (exact) mass is 420 g/mol. The summed E-state index contributed by atoms with van der Waals surface area (Å²) < 4.78 is 5.26. The molecule has 2 aliphatic carbocycles. The van der Waals surface area contributed by atoms with Gasteiger partial charge in [-0.1, -0.05) is 51.9 Å². The van der Waals surface area contributed by atoms with E-state index < -0.39 is 5.60 Å². The lowest BCUT2D eigenvalue weighted by Gasteiger charge is -2.54. The van der Waals surface area contributed by atoms with E-state index in [9.17, 15) is 14.7 Å². The third kappa shape index (κ3) is 4.40. The maximum Gasteiger partial charge on any atom is 0.248 e. The van der Waals surface area contributed by atoms with E-state index in [0.29, 0.717) is 45.1 Å². The molecule has 0 aromatic heterocycles. The highest BCUT2D eigenvalue weighted by Crippen LogP contribution is 2.51. The van der Waals surface area contributed by atoms with E-state index in [-0.39, 0.29) is 29.8 Å². The van der Waals surface area contributed by atoms with Gasteiger partial charge in [-0.15, -0.1) is 0 Å². The van der Waals surface area contributed by atoms with Gasteiger partial charge in [-0.25, -0.2) is 0 Å². The molecule has 4 rings (SSSR count). The van der Waals surface area contributed by atoms with Crippen LogP contribution in [0.25, 0.3) is 0 Å². The van der Waals surface area contributed by atoms with Crippen LogP contribution in [-0.4, -0.2) is 71.7 Å². The molecule has 2 saturated carbocycles. The SMILES string of the molecule is C[C@H](CC1CCCCC1)C(=O)N1CCC(O)(CN2CCOCC2=O)C2(CCCC2)C1. The maximum absolute atomic E-state index is 13.3. The number of likely N-dealkylation sites (tertiary alicyclic amines) is 1. The minimum Gasteiger partial charge on any atom is -0.387 e. The van der Waals surface area contributed by atoms with Crippen molar-refractivity contribution in [2.75, 3.05) is 39.4 Å². The van der Waals surface area contributed by atoms with Crippen molar-refractivity contribution in [1.82, 2.24) is 9.80 Å². The first-order valence-electron chi connectivity index (χ1n) is 12.3. The number of piperidine rings is 1. The normalized spacial score (nSPS) is 31.3. The Bertz CT molecular complexity index is 627. The Balaban J connectivity index is 1.42. The Morgan fingerprint density at radius 2 is 1.87 bits per heavy atom. The molecule has 30 heavy (non-hydrogen) atoms. The van der Waals surface area contributed by atoms with Gasteiger partial charge < -0.3 is 19.6 Å². The second kappa shape index (κ2) is 9.15. The molecule has 170 valence electrons. The number of carbonyl (C=O) groups excluding carboxylic acids is 2. The van der Waals surface area contributed by atoms with E-state index >= 15 is 0 Å². The number of ether oxygens (including phenoxy) is 1. The molecule has 1 spiro atoms. The molecule has 6 heteroatoms. The van der Waals surface area contributed by atoms with Crippen LogP contribution in [0.4, 0.5) is 0 Å². The average Bonchev–Trinajstić information content (AvgIpc) is 3.22. The largest absolute Gasteiger partial charge is 0.387 e. The first kappa shape index (κ1) is 22.1. The van der Waals surface area contributed by atoms with E-state index in [1.54, 1.807) is 4.90 Å². The maximum atomic E-state index is 13.3. The number of amides is 2. The molecule has 2 atom stereocenters. The van der Waals surface area contributed by atoms with Crippen LogP contribution < -0.4 is 0 Å². The number of aliphatic hydroxyl groups is 1. The van der Waals surface area contributed by atoms with Gasteiger partial charge in [0.1, 0.15) is 6.61 Å². The van der Waals surface area contributed by atoms with Gasteiger partial charge in [0.2, 0.25) is 11.8 Å². The molecular weight excluding hydrogens is 380 g/mol. The van der Waals surface area contributed by atoms with Gasteiger partial charge in [0, 0.05) is 31.0 Å². The van der Waals surface area contributed by atoms with Gasteiger partial charge in [-0.3, -0.25) is 9.59 Å². The Morgan fingerprint density at radius 1 is 1.13 bits per heavy atom. The number of morpholine rings is 1. The topological polar surface area (TPSA) is 70.1 Å². The highest BCUT2D eigenvalue weighted by molar-refractivity contribution is 5.79. The summed E-state index contributed by atoms with van der Waals surface area (Å²) in [7, 11) is 0. The number of hydrogen-bond donors (Lipinski definition) is 1. The van der Waals surface area contributed by atoms with Gasteiger partial charge in [-0.2, -0.15) is 0 Å². The summed E-state index contributed by atoms with van der Waals surface area (Å²) in [6.07, 6.45) is 12.2. The van der Waals surface area contributed by atoms with Gasteiger partial charge in [0.15, 0.2) is 0 Å². The van der Waals surface area contributed by atoms with E-state index in [1.165, 1.54) is 32.1 Å². The van der Waals surface area contributed by atoms with Crippen LogP contribution in [0, 0.1) is 17.3 Å². The summed E-state index contributed by atoms with van der Waals surface area (Å²) in [6, 6.07) is 0. The molecular formula is C24H40N2O4. The average molecular weight is 421 g/mol. The minimum atomic E-state index is -0.903. The zero-order valence-corrected chi connectivity index (χ0v) is 18.7. The summed E-state index contributed by atoms with van der Waals surface area (Å²) in [4.78, 5) is 29.5. The van der Waals surface area contributed by atoms with Crippen LogP contribution in [0.5, 0.6) is 0 Å². The summed E-state index contributed by atoms with van der Waals surface area (Å²) >= 11 is 0. The molecule has 6 nitrogen and oxygen atoms in total. The van der Waals surface area contributed by atoms with Gasteiger partial charge in [0.25, 0.3) is 0 Å². The lowest BCUT2D eigenvalue weighted by molar-refractivity contribution is -0.174. The Kier molecular flexibility index (Phi) is 6.73. The highest BCUT2D eigenvalue weighted by atomic mass is 16.5. The fraction of sp³-hybridized carbons (Fsp3) is 0.917. The van der Waals surface area contributed by atoms with Crippen molar-refractivity contribution in [3.8, 4) is 0 Å². The van der Waals surface area contributed by atoms with Crippen LogP contribution in [0.15, 0.2) is 0 Å². The third-order valence-electron chi connectivity index (χ3n) is 8.52. The highest BCUT2D eigenvalue weighted by Gasteiger charge is 2.56. The van der Waals surface area contributed by atoms with Crippen LogP contribution in [0.3, 0.4) is 0 Å². The summed E-state index contributed by atoms with van der Waals surface area (Å²) in [5, 5.41) is 11.8. The molecule has 2 heterocycles. The predicted molar refractivity (Wildman–Crippen MR) is 115 cm³/mol. The molecule has 1 N–H and O–H groups in total. The fourth-order valence-electron chi connectivity index (χ4n) is 6.66. The molecule has 0 bridgehead atoms. The van der Waals surface area contributed by atoms with Crippen LogP contribution in [0.2, 0.25) is 0 Å².